The highest BCUT2D eigenvalue weighted by atomic mass is 16.2. The first-order valence-corrected chi connectivity index (χ1v) is 11.7. The minimum Gasteiger partial charge on any atom is -0.345 e. The van der Waals surface area contributed by atoms with Gasteiger partial charge in [0.15, 0.2) is 12.6 Å². The summed E-state index contributed by atoms with van der Waals surface area (Å²) in [5.41, 5.74) is 4.26. The highest BCUT2D eigenvalue weighted by Crippen LogP contribution is 2.55. The van der Waals surface area contributed by atoms with Crippen LogP contribution in [0, 0.1) is 38.5 Å². The fraction of sp³-hybridized carbons (Fsp3) is 0.680. The van der Waals surface area contributed by atoms with Crippen molar-refractivity contribution in [3.63, 3.8) is 0 Å². The summed E-state index contributed by atoms with van der Waals surface area (Å²) < 4.78 is 0. The quantitative estimate of drug-likeness (QED) is 0.672. The Balaban J connectivity index is 1.34. The Hall–Kier alpha value is -1.88. The van der Waals surface area contributed by atoms with Gasteiger partial charge < -0.3 is 15.5 Å². The van der Waals surface area contributed by atoms with Crippen LogP contribution in [0.3, 0.4) is 0 Å². The number of rotatable bonds is 6. The second-order valence-corrected chi connectivity index (χ2v) is 10.8. The third-order valence-corrected chi connectivity index (χ3v) is 7.94. The fourth-order valence-corrected chi connectivity index (χ4v) is 6.82. The second-order valence-electron chi connectivity index (χ2n) is 10.8. The molecular formula is C25H38N3O2+. The minimum atomic E-state index is -0.246. The molecule has 4 fully saturated rings. The molecule has 0 aliphatic heterocycles. The largest absolute Gasteiger partial charge is 0.345 e. The van der Waals surface area contributed by atoms with Crippen molar-refractivity contribution in [3.8, 4) is 0 Å². The summed E-state index contributed by atoms with van der Waals surface area (Å²) in [4.78, 5) is 26.7. The summed E-state index contributed by atoms with van der Waals surface area (Å²) in [6.07, 6.45) is 7.57. The van der Waals surface area contributed by atoms with Crippen LogP contribution in [0.1, 0.15) is 62.1 Å². The van der Waals surface area contributed by atoms with E-state index in [1.807, 2.05) is 27.8 Å². The molecule has 4 bridgehead atoms. The van der Waals surface area contributed by atoms with E-state index < -0.39 is 0 Å². The van der Waals surface area contributed by atoms with Gasteiger partial charge in [-0.3, -0.25) is 9.59 Å². The maximum absolute atomic E-state index is 13.1. The van der Waals surface area contributed by atoms with Crippen molar-refractivity contribution >= 4 is 17.5 Å². The number of hydrogen-bond donors (Lipinski definition) is 3. The first-order chi connectivity index (χ1) is 14.1. The number of nitrogens with one attached hydrogen (secondary N) is 3. The molecule has 1 aromatic rings. The Morgan fingerprint density at radius 1 is 1.03 bits per heavy atom. The van der Waals surface area contributed by atoms with E-state index in [-0.39, 0.29) is 29.9 Å². The lowest BCUT2D eigenvalue weighted by Crippen LogP contribution is -3.15. The monoisotopic (exact) mass is 412 g/mol. The van der Waals surface area contributed by atoms with E-state index in [2.05, 4.69) is 29.7 Å². The topological polar surface area (TPSA) is 62.6 Å². The average molecular weight is 413 g/mol. The maximum Gasteiger partial charge on any atom is 0.279 e. The predicted octanol–water partition coefficient (Wildman–Crippen LogP) is 2.54. The lowest BCUT2D eigenvalue weighted by molar-refractivity contribution is -0.885. The smallest absolute Gasteiger partial charge is 0.279 e. The van der Waals surface area contributed by atoms with E-state index in [0.717, 1.165) is 58.7 Å². The van der Waals surface area contributed by atoms with Crippen LogP contribution in [0.5, 0.6) is 0 Å². The molecule has 2 atom stereocenters. The zero-order chi connectivity index (χ0) is 21.6. The molecule has 0 saturated heterocycles. The van der Waals surface area contributed by atoms with Gasteiger partial charge >= 0.3 is 0 Å². The van der Waals surface area contributed by atoms with Crippen LogP contribution in [0.25, 0.3) is 0 Å². The number of carbonyl (C=O) groups excluding carboxylic acids is 2. The predicted molar refractivity (Wildman–Crippen MR) is 120 cm³/mol. The molecule has 2 amide bonds. The first-order valence-electron chi connectivity index (χ1n) is 11.7. The molecule has 164 valence electrons. The van der Waals surface area contributed by atoms with Gasteiger partial charge in [-0.25, -0.2) is 0 Å². The first kappa shape index (κ1) is 21.4. The number of aryl methyl sites for hydroxylation is 3. The summed E-state index contributed by atoms with van der Waals surface area (Å²) >= 11 is 0. The van der Waals surface area contributed by atoms with Gasteiger partial charge in [0, 0.05) is 11.2 Å². The van der Waals surface area contributed by atoms with E-state index >= 15 is 0 Å². The molecular weight excluding hydrogens is 374 g/mol. The molecule has 4 aliphatic rings. The van der Waals surface area contributed by atoms with Crippen LogP contribution in [0.4, 0.5) is 5.69 Å². The number of hydrogen-bond acceptors (Lipinski definition) is 2. The summed E-state index contributed by atoms with van der Waals surface area (Å²) in [6.45, 7) is 8.33. The molecule has 1 aromatic carbocycles. The average Bonchev–Trinajstić information content (AvgIpc) is 2.62. The van der Waals surface area contributed by atoms with Crippen LogP contribution >= 0.6 is 0 Å². The fourth-order valence-electron chi connectivity index (χ4n) is 6.82. The van der Waals surface area contributed by atoms with Crippen molar-refractivity contribution in [1.82, 2.24) is 5.32 Å². The molecule has 3 N–H and O–H groups in total. The van der Waals surface area contributed by atoms with Gasteiger partial charge in [0.2, 0.25) is 0 Å². The second kappa shape index (κ2) is 7.99. The number of quaternary nitrogens is 1. The van der Waals surface area contributed by atoms with Crippen molar-refractivity contribution in [3.05, 3.63) is 28.8 Å². The Morgan fingerprint density at radius 3 is 2.03 bits per heavy atom. The number of benzene rings is 1. The van der Waals surface area contributed by atoms with Crippen LogP contribution < -0.4 is 15.5 Å². The van der Waals surface area contributed by atoms with E-state index in [1.54, 1.807) is 0 Å². The third-order valence-electron chi connectivity index (χ3n) is 7.94. The molecule has 0 spiro atoms. The molecule has 4 saturated carbocycles. The Kier molecular flexibility index (Phi) is 5.69. The van der Waals surface area contributed by atoms with Crippen LogP contribution in [0.2, 0.25) is 0 Å². The summed E-state index contributed by atoms with van der Waals surface area (Å²) in [5.74, 6) is 2.48. The van der Waals surface area contributed by atoms with Crippen LogP contribution in [0.15, 0.2) is 12.1 Å². The maximum atomic E-state index is 13.1. The Labute approximate surface area is 181 Å². The van der Waals surface area contributed by atoms with Gasteiger partial charge in [-0.15, -0.1) is 0 Å². The molecule has 5 heteroatoms. The van der Waals surface area contributed by atoms with E-state index in [4.69, 9.17) is 0 Å². The van der Waals surface area contributed by atoms with Gasteiger partial charge in [0.25, 0.3) is 11.8 Å². The van der Waals surface area contributed by atoms with Crippen molar-refractivity contribution in [2.45, 2.75) is 77.8 Å². The number of carbonyl (C=O) groups is 2. The van der Waals surface area contributed by atoms with E-state index in [0.29, 0.717) is 0 Å². The standard InChI is InChI=1S/C25H37N3O2/c1-15-6-16(2)23(17(3)7-15)26-22(29)14-28(5)18(4)24(30)27-25-11-19-8-20(12-25)10-21(9-19)13-25/h6-7,18-21H,8-14H2,1-5H3,(H,26,29)(H,27,30)/p+1/t18-,19?,20?,21?,25?/m0/s1. The van der Waals surface area contributed by atoms with Crippen molar-refractivity contribution in [2.75, 3.05) is 18.9 Å². The van der Waals surface area contributed by atoms with Crippen molar-refractivity contribution in [1.29, 1.82) is 0 Å². The third kappa shape index (κ3) is 4.27. The molecule has 0 heterocycles. The van der Waals surface area contributed by atoms with Crippen LogP contribution in [-0.4, -0.2) is 37.0 Å². The minimum absolute atomic E-state index is 0.0265. The highest BCUT2D eigenvalue weighted by molar-refractivity contribution is 5.93. The lowest BCUT2D eigenvalue weighted by atomic mass is 9.53. The normalized spacial score (nSPS) is 31.3. The van der Waals surface area contributed by atoms with Gasteiger partial charge in [-0.1, -0.05) is 17.7 Å². The van der Waals surface area contributed by atoms with E-state index in [1.165, 1.54) is 24.8 Å². The lowest BCUT2D eigenvalue weighted by Gasteiger charge is -2.57. The highest BCUT2D eigenvalue weighted by Gasteiger charge is 2.52. The van der Waals surface area contributed by atoms with E-state index in [9.17, 15) is 9.59 Å². The van der Waals surface area contributed by atoms with Gasteiger partial charge in [0.1, 0.15) is 0 Å². The van der Waals surface area contributed by atoms with Crippen molar-refractivity contribution in [2.24, 2.45) is 17.8 Å². The van der Waals surface area contributed by atoms with Gasteiger partial charge in [-0.05, 0) is 95.1 Å². The SMILES string of the molecule is Cc1cc(C)c(NC(=O)C[NH+](C)[C@@H](C)C(=O)NC23CC4CC(CC(C4)C2)C3)c(C)c1. The number of anilines is 1. The molecule has 4 aliphatic carbocycles. The molecule has 5 nitrogen and oxygen atoms in total. The summed E-state index contributed by atoms with van der Waals surface area (Å²) in [6, 6.07) is 3.92. The zero-order valence-corrected chi connectivity index (χ0v) is 19.2. The van der Waals surface area contributed by atoms with Gasteiger partial charge in [-0.2, -0.15) is 0 Å². The summed E-state index contributed by atoms with van der Waals surface area (Å²) in [5, 5.41) is 6.53. The number of likely N-dealkylation sites (N-methyl/N-ethyl adjacent to an activating group) is 1. The number of amides is 2. The molecule has 1 unspecified atom stereocenters. The summed E-state index contributed by atoms with van der Waals surface area (Å²) in [7, 11) is 1.94. The van der Waals surface area contributed by atoms with Crippen LogP contribution in [-0.2, 0) is 9.59 Å². The molecule has 0 aromatic heterocycles. The molecule has 0 radical (unpaired) electrons. The Morgan fingerprint density at radius 2 is 1.53 bits per heavy atom. The zero-order valence-electron chi connectivity index (χ0n) is 19.2. The Bertz CT molecular complexity index is 789. The molecule has 30 heavy (non-hydrogen) atoms. The molecule has 5 rings (SSSR count). The van der Waals surface area contributed by atoms with Gasteiger partial charge in [0.05, 0.1) is 7.05 Å². The van der Waals surface area contributed by atoms with Crippen molar-refractivity contribution < 1.29 is 14.5 Å².